The summed E-state index contributed by atoms with van der Waals surface area (Å²) in [5.41, 5.74) is 1.37. The minimum Gasteiger partial charge on any atom is -0.299 e. The molecule has 1 aliphatic rings. The van der Waals surface area contributed by atoms with Crippen LogP contribution in [0.1, 0.15) is 18.9 Å². The van der Waals surface area contributed by atoms with Crippen molar-refractivity contribution < 1.29 is 0 Å². The molecule has 2 heteroatoms. The van der Waals surface area contributed by atoms with Crippen LogP contribution in [0.5, 0.6) is 0 Å². The first kappa shape index (κ1) is 11.2. The van der Waals surface area contributed by atoms with E-state index < -0.39 is 0 Å². The summed E-state index contributed by atoms with van der Waals surface area (Å²) in [7, 11) is 0. The van der Waals surface area contributed by atoms with Crippen molar-refractivity contribution >= 4 is 0 Å². The van der Waals surface area contributed by atoms with E-state index in [-0.39, 0.29) is 5.92 Å². The van der Waals surface area contributed by atoms with Gasteiger partial charge in [0.2, 0.25) is 0 Å². The quantitative estimate of drug-likeness (QED) is 0.756. The van der Waals surface area contributed by atoms with Crippen LogP contribution in [0.3, 0.4) is 0 Å². The lowest BCUT2D eigenvalue weighted by molar-refractivity contribution is 0.147. The van der Waals surface area contributed by atoms with E-state index in [0.29, 0.717) is 5.92 Å². The highest BCUT2D eigenvalue weighted by atomic mass is 15.1. The highest BCUT2D eigenvalue weighted by Gasteiger charge is 2.25. The minimum atomic E-state index is 0.257. The summed E-state index contributed by atoms with van der Waals surface area (Å²) in [6, 6.07) is 13.0. The molecular formula is C14H18N2. The molecule has 0 unspecified atom stereocenters. The number of hydrogen-bond donors (Lipinski definition) is 0. The predicted molar refractivity (Wildman–Crippen MR) is 64.6 cm³/mol. The van der Waals surface area contributed by atoms with Crippen LogP contribution in [0, 0.1) is 23.2 Å². The number of benzene rings is 1. The highest BCUT2D eigenvalue weighted by Crippen LogP contribution is 2.23. The van der Waals surface area contributed by atoms with Gasteiger partial charge in [-0.1, -0.05) is 37.3 Å². The lowest BCUT2D eigenvalue weighted by atomic mass is 9.88. The molecule has 2 nitrogen and oxygen atoms in total. The molecule has 0 radical (unpaired) electrons. The number of hydrogen-bond acceptors (Lipinski definition) is 2. The third-order valence-corrected chi connectivity index (χ3v) is 3.40. The van der Waals surface area contributed by atoms with Crippen molar-refractivity contribution in [3.8, 4) is 6.07 Å². The van der Waals surface area contributed by atoms with Crippen LogP contribution in [0.2, 0.25) is 0 Å². The number of nitrogens with zero attached hydrogens (tertiary/aromatic N) is 2. The van der Waals surface area contributed by atoms with Gasteiger partial charge in [0.1, 0.15) is 0 Å². The van der Waals surface area contributed by atoms with Crippen molar-refractivity contribution in [2.45, 2.75) is 19.9 Å². The van der Waals surface area contributed by atoms with Crippen LogP contribution in [-0.2, 0) is 6.54 Å². The smallest absolute Gasteiger partial charge is 0.0659 e. The van der Waals surface area contributed by atoms with Gasteiger partial charge in [0.05, 0.1) is 12.0 Å². The Morgan fingerprint density at radius 2 is 2.12 bits per heavy atom. The number of rotatable bonds is 2. The molecule has 1 heterocycles. The third kappa shape index (κ3) is 2.62. The number of piperidine rings is 1. The standard InChI is InChI=1S/C14H18N2/c1-12-10-16(8-7-14(12)9-15)11-13-5-3-2-4-6-13/h2-6,12,14H,7-8,10-11H2,1H3/t12-,14+/m0/s1. The van der Waals surface area contributed by atoms with E-state index in [4.69, 9.17) is 5.26 Å². The SMILES string of the molecule is C[C@H]1CN(Cc2ccccc2)CC[C@@H]1C#N. The molecule has 0 spiro atoms. The van der Waals surface area contributed by atoms with Gasteiger partial charge in [0.15, 0.2) is 0 Å². The molecular weight excluding hydrogens is 196 g/mol. The Hall–Kier alpha value is -1.33. The zero-order chi connectivity index (χ0) is 11.4. The monoisotopic (exact) mass is 214 g/mol. The van der Waals surface area contributed by atoms with Crippen LogP contribution in [0.15, 0.2) is 30.3 Å². The van der Waals surface area contributed by atoms with Gasteiger partial charge in [-0.2, -0.15) is 5.26 Å². The van der Waals surface area contributed by atoms with Crippen LogP contribution in [-0.4, -0.2) is 18.0 Å². The average Bonchev–Trinajstić information content (AvgIpc) is 2.31. The summed E-state index contributed by atoms with van der Waals surface area (Å²) < 4.78 is 0. The molecule has 0 bridgehead atoms. The minimum absolute atomic E-state index is 0.257. The summed E-state index contributed by atoms with van der Waals surface area (Å²) in [4.78, 5) is 2.45. The van der Waals surface area contributed by atoms with Crippen molar-refractivity contribution in [2.75, 3.05) is 13.1 Å². The van der Waals surface area contributed by atoms with Crippen molar-refractivity contribution in [1.82, 2.24) is 4.90 Å². The van der Waals surface area contributed by atoms with Gasteiger partial charge in [-0.3, -0.25) is 4.90 Å². The normalized spacial score (nSPS) is 26.2. The van der Waals surface area contributed by atoms with Crippen molar-refractivity contribution in [1.29, 1.82) is 5.26 Å². The Balaban J connectivity index is 1.92. The molecule has 2 rings (SSSR count). The molecule has 16 heavy (non-hydrogen) atoms. The van der Waals surface area contributed by atoms with Gasteiger partial charge in [-0.15, -0.1) is 0 Å². The van der Waals surface area contributed by atoms with Crippen LogP contribution < -0.4 is 0 Å². The Labute approximate surface area is 97.5 Å². The molecule has 1 aromatic rings. The topological polar surface area (TPSA) is 27.0 Å². The van der Waals surface area contributed by atoms with Gasteiger partial charge in [0, 0.05) is 13.1 Å². The zero-order valence-corrected chi connectivity index (χ0v) is 9.76. The van der Waals surface area contributed by atoms with E-state index in [9.17, 15) is 0 Å². The summed E-state index contributed by atoms with van der Waals surface area (Å²) in [6.45, 7) is 5.30. The van der Waals surface area contributed by atoms with E-state index in [1.807, 2.05) is 6.07 Å². The fourth-order valence-corrected chi connectivity index (χ4v) is 2.41. The lowest BCUT2D eigenvalue weighted by Crippen LogP contribution is -2.38. The molecule has 0 N–H and O–H groups in total. The maximum Gasteiger partial charge on any atom is 0.0659 e. The molecule has 84 valence electrons. The van der Waals surface area contributed by atoms with Crippen LogP contribution in [0.4, 0.5) is 0 Å². The first-order valence-corrected chi connectivity index (χ1v) is 5.95. The second-order valence-electron chi connectivity index (χ2n) is 4.72. The number of likely N-dealkylation sites (tertiary alicyclic amines) is 1. The Morgan fingerprint density at radius 3 is 2.75 bits per heavy atom. The van der Waals surface area contributed by atoms with Crippen molar-refractivity contribution in [3.05, 3.63) is 35.9 Å². The van der Waals surface area contributed by atoms with Gasteiger partial charge < -0.3 is 0 Å². The maximum atomic E-state index is 8.97. The molecule has 0 aromatic heterocycles. The molecule has 0 aliphatic carbocycles. The second-order valence-corrected chi connectivity index (χ2v) is 4.72. The predicted octanol–water partition coefficient (Wildman–Crippen LogP) is 2.67. The van der Waals surface area contributed by atoms with Crippen LogP contribution in [0.25, 0.3) is 0 Å². The van der Waals surface area contributed by atoms with Gasteiger partial charge in [-0.25, -0.2) is 0 Å². The Morgan fingerprint density at radius 1 is 1.38 bits per heavy atom. The zero-order valence-electron chi connectivity index (χ0n) is 9.76. The Bertz CT molecular complexity index is 366. The Kier molecular flexibility index (Phi) is 3.58. The van der Waals surface area contributed by atoms with E-state index in [1.54, 1.807) is 0 Å². The molecule has 1 aliphatic heterocycles. The summed E-state index contributed by atoms with van der Waals surface area (Å²) in [5.74, 6) is 0.759. The maximum absolute atomic E-state index is 8.97. The summed E-state index contributed by atoms with van der Waals surface area (Å²) >= 11 is 0. The van der Waals surface area contributed by atoms with Crippen molar-refractivity contribution in [3.63, 3.8) is 0 Å². The summed E-state index contributed by atoms with van der Waals surface area (Å²) in [5, 5.41) is 8.97. The fourth-order valence-electron chi connectivity index (χ4n) is 2.41. The summed E-state index contributed by atoms with van der Waals surface area (Å²) in [6.07, 6.45) is 1.02. The molecule has 1 fully saturated rings. The van der Waals surface area contributed by atoms with E-state index in [1.165, 1.54) is 5.56 Å². The number of nitriles is 1. The largest absolute Gasteiger partial charge is 0.299 e. The van der Waals surface area contributed by atoms with Crippen LogP contribution >= 0.6 is 0 Å². The molecule has 1 aromatic carbocycles. The van der Waals surface area contributed by atoms with Gasteiger partial charge >= 0.3 is 0 Å². The molecule has 1 saturated heterocycles. The van der Waals surface area contributed by atoms with E-state index >= 15 is 0 Å². The second kappa shape index (κ2) is 5.14. The third-order valence-electron chi connectivity index (χ3n) is 3.40. The lowest BCUT2D eigenvalue weighted by Gasteiger charge is -2.33. The van der Waals surface area contributed by atoms with Gasteiger partial charge in [-0.05, 0) is 24.4 Å². The highest BCUT2D eigenvalue weighted by molar-refractivity contribution is 5.14. The molecule has 2 atom stereocenters. The fraction of sp³-hybridized carbons (Fsp3) is 0.500. The average molecular weight is 214 g/mol. The molecule has 0 saturated carbocycles. The van der Waals surface area contributed by atoms with E-state index in [0.717, 1.165) is 26.1 Å². The first-order valence-electron chi connectivity index (χ1n) is 5.95. The van der Waals surface area contributed by atoms with E-state index in [2.05, 4.69) is 42.2 Å². The first-order chi connectivity index (χ1) is 7.79. The molecule has 0 amide bonds. The van der Waals surface area contributed by atoms with Gasteiger partial charge in [0.25, 0.3) is 0 Å². The van der Waals surface area contributed by atoms with Crippen molar-refractivity contribution in [2.24, 2.45) is 11.8 Å².